The number of hydrogen-bond acceptors (Lipinski definition) is 5. The molecule has 0 aliphatic carbocycles. The van der Waals surface area contributed by atoms with Gasteiger partial charge in [0.25, 0.3) is 5.91 Å². The number of fused-ring (bicyclic) bond motifs is 1. The Balaban J connectivity index is 1.68. The molecule has 3 aromatic rings. The minimum absolute atomic E-state index is 0.372. The summed E-state index contributed by atoms with van der Waals surface area (Å²) in [6, 6.07) is 15.1. The molecule has 1 aromatic heterocycles. The zero-order chi connectivity index (χ0) is 15.4. The van der Waals surface area contributed by atoms with E-state index in [4.69, 9.17) is 9.94 Å². The molecule has 3 rings (SSSR count). The lowest BCUT2D eigenvalue weighted by molar-refractivity contribution is 0.0706. The highest BCUT2D eigenvalue weighted by Gasteiger charge is 2.09. The third-order valence-electron chi connectivity index (χ3n) is 3.13. The maximum absolute atomic E-state index is 11.4. The van der Waals surface area contributed by atoms with Gasteiger partial charge in [-0.2, -0.15) is 0 Å². The molecular weight excluding hydrogens is 300 g/mol. The topological polar surface area (TPSA) is 71.5 Å². The molecule has 0 bridgehead atoms. The molecule has 5 nitrogen and oxygen atoms in total. The molecule has 0 spiro atoms. The van der Waals surface area contributed by atoms with E-state index in [-0.39, 0.29) is 0 Å². The van der Waals surface area contributed by atoms with Gasteiger partial charge in [-0.3, -0.25) is 10.0 Å². The van der Waals surface area contributed by atoms with E-state index >= 15 is 0 Å². The number of thiazole rings is 1. The fraction of sp³-hybridized carbons (Fsp3) is 0.125. The number of aromatic nitrogens is 1. The van der Waals surface area contributed by atoms with Crippen molar-refractivity contribution in [2.75, 3.05) is 0 Å². The molecule has 2 aromatic carbocycles. The Hall–Kier alpha value is -2.28. The summed E-state index contributed by atoms with van der Waals surface area (Å²) in [6.45, 7) is 0.963. The smallest absolute Gasteiger partial charge is 0.274 e. The van der Waals surface area contributed by atoms with E-state index in [9.17, 15) is 4.79 Å². The van der Waals surface area contributed by atoms with Gasteiger partial charge in [-0.1, -0.05) is 30.3 Å². The molecule has 2 N–H and O–H groups in total. The Morgan fingerprint density at radius 1 is 1.18 bits per heavy atom. The largest absolute Gasteiger partial charge is 0.370 e. The number of nitrogens with one attached hydrogen (secondary N) is 1. The van der Waals surface area contributed by atoms with Gasteiger partial charge in [0, 0.05) is 5.56 Å². The Bertz CT molecular complexity index is 786. The van der Waals surface area contributed by atoms with E-state index < -0.39 is 5.91 Å². The second-order valence-corrected chi connectivity index (χ2v) is 5.82. The van der Waals surface area contributed by atoms with Gasteiger partial charge in [0.1, 0.15) is 5.01 Å². The quantitative estimate of drug-likeness (QED) is 0.560. The van der Waals surface area contributed by atoms with Crippen LogP contribution in [0.25, 0.3) is 10.2 Å². The van der Waals surface area contributed by atoms with Crippen LogP contribution in [0.3, 0.4) is 0 Å². The number of carbonyl (C=O) groups is 1. The van der Waals surface area contributed by atoms with Gasteiger partial charge in [0.15, 0.2) is 0 Å². The fourth-order valence-corrected chi connectivity index (χ4v) is 2.96. The van der Waals surface area contributed by atoms with Gasteiger partial charge < -0.3 is 4.74 Å². The number of hydroxylamine groups is 1. The summed E-state index contributed by atoms with van der Waals surface area (Å²) < 4.78 is 6.64. The number of carbonyl (C=O) groups excluding carboxylic acids is 1. The first kappa shape index (κ1) is 14.6. The van der Waals surface area contributed by atoms with E-state index in [2.05, 4.69) is 4.98 Å². The summed E-state index contributed by atoms with van der Waals surface area (Å²) >= 11 is 1.53. The van der Waals surface area contributed by atoms with E-state index in [0.717, 1.165) is 20.8 Å². The highest BCUT2D eigenvalue weighted by atomic mass is 32.1. The minimum atomic E-state index is -0.545. The number of nitrogens with zero attached hydrogens (tertiary/aromatic N) is 1. The van der Waals surface area contributed by atoms with Crippen molar-refractivity contribution in [3.8, 4) is 0 Å². The van der Waals surface area contributed by atoms with E-state index in [0.29, 0.717) is 18.8 Å². The van der Waals surface area contributed by atoms with Gasteiger partial charge >= 0.3 is 0 Å². The molecule has 0 saturated carbocycles. The molecular formula is C16H14N2O3S. The predicted molar refractivity (Wildman–Crippen MR) is 83.8 cm³/mol. The lowest BCUT2D eigenvalue weighted by Gasteiger charge is -2.01. The van der Waals surface area contributed by atoms with Crippen molar-refractivity contribution in [3.05, 3.63) is 64.7 Å². The van der Waals surface area contributed by atoms with Crippen molar-refractivity contribution in [2.45, 2.75) is 13.2 Å². The van der Waals surface area contributed by atoms with Gasteiger partial charge in [0.2, 0.25) is 0 Å². The van der Waals surface area contributed by atoms with Crippen LogP contribution in [0.4, 0.5) is 0 Å². The lowest BCUT2D eigenvalue weighted by atomic mass is 10.2. The third-order valence-corrected chi connectivity index (χ3v) is 4.14. The first-order valence-electron chi connectivity index (χ1n) is 6.72. The van der Waals surface area contributed by atoms with Crippen LogP contribution < -0.4 is 5.48 Å². The normalized spacial score (nSPS) is 10.8. The Labute approximate surface area is 131 Å². The molecule has 0 aliphatic rings. The van der Waals surface area contributed by atoms with E-state index in [1.165, 1.54) is 11.3 Å². The Kier molecular flexibility index (Phi) is 4.43. The van der Waals surface area contributed by atoms with Crippen LogP contribution in [-0.2, 0) is 18.0 Å². The Morgan fingerprint density at radius 3 is 2.77 bits per heavy atom. The Morgan fingerprint density at radius 2 is 2.00 bits per heavy atom. The summed E-state index contributed by atoms with van der Waals surface area (Å²) in [5.41, 5.74) is 3.83. The number of rotatable bonds is 5. The predicted octanol–water partition coefficient (Wildman–Crippen LogP) is 3.13. The van der Waals surface area contributed by atoms with Crippen molar-refractivity contribution in [1.82, 2.24) is 10.5 Å². The molecule has 1 amide bonds. The zero-order valence-electron chi connectivity index (χ0n) is 11.7. The van der Waals surface area contributed by atoms with Crippen molar-refractivity contribution < 1.29 is 14.7 Å². The molecule has 0 atom stereocenters. The number of ether oxygens (including phenoxy) is 1. The van der Waals surface area contributed by atoms with Crippen molar-refractivity contribution in [1.29, 1.82) is 0 Å². The molecule has 1 heterocycles. The summed E-state index contributed by atoms with van der Waals surface area (Å²) in [7, 11) is 0. The second-order valence-electron chi connectivity index (χ2n) is 4.71. The van der Waals surface area contributed by atoms with E-state index in [1.54, 1.807) is 17.6 Å². The molecule has 6 heteroatoms. The van der Waals surface area contributed by atoms with Crippen molar-refractivity contribution in [2.24, 2.45) is 0 Å². The standard InChI is InChI=1S/C16H14N2O3S/c19-16(18-20)12-6-7-14-13(8-12)17-15(22-14)10-21-9-11-4-2-1-3-5-11/h1-8,20H,9-10H2,(H,18,19). The summed E-state index contributed by atoms with van der Waals surface area (Å²) in [5.74, 6) is -0.545. The fourth-order valence-electron chi connectivity index (χ4n) is 2.07. The SMILES string of the molecule is O=C(NO)c1ccc2sc(COCc3ccccc3)nc2c1. The van der Waals surface area contributed by atoms with Crippen molar-refractivity contribution >= 4 is 27.5 Å². The molecule has 0 saturated heterocycles. The average Bonchev–Trinajstić information content (AvgIpc) is 2.97. The van der Waals surface area contributed by atoms with Gasteiger partial charge in [-0.25, -0.2) is 10.5 Å². The van der Waals surface area contributed by atoms with Gasteiger partial charge in [0.05, 0.1) is 23.4 Å². The molecule has 0 radical (unpaired) electrons. The first-order valence-corrected chi connectivity index (χ1v) is 7.53. The van der Waals surface area contributed by atoms with Crippen LogP contribution in [0.15, 0.2) is 48.5 Å². The third kappa shape index (κ3) is 3.30. The first-order chi connectivity index (χ1) is 10.8. The van der Waals surface area contributed by atoms with Crippen LogP contribution >= 0.6 is 11.3 Å². The minimum Gasteiger partial charge on any atom is -0.370 e. The monoisotopic (exact) mass is 314 g/mol. The highest BCUT2D eigenvalue weighted by molar-refractivity contribution is 7.18. The molecule has 0 aliphatic heterocycles. The maximum atomic E-state index is 11.4. The van der Waals surface area contributed by atoms with Crippen LogP contribution in [0, 0.1) is 0 Å². The van der Waals surface area contributed by atoms with Crippen LogP contribution in [0.2, 0.25) is 0 Å². The molecule has 0 fully saturated rings. The van der Waals surface area contributed by atoms with Gasteiger partial charge in [-0.05, 0) is 23.8 Å². The maximum Gasteiger partial charge on any atom is 0.274 e. The van der Waals surface area contributed by atoms with Gasteiger partial charge in [-0.15, -0.1) is 11.3 Å². The van der Waals surface area contributed by atoms with E-state index in [1.807, 2.05) is 36.4 Å². The number of hydrogen-bond donors (Lipinski definition) is 2. The summed E-state index contributed by atoms with van der Waals surface area (Å²) in [4.78, 5) is 15.8. The average molecular weight is 314 g/mol. The zero-order valence-corrected chi connectivity index (χ0v) is 12.5. The van der Waals surface area contributed by atoms with Crippen molar-refractivity contribution in [3.63, 3.8) is 0 Å². The molecule has 22 heavy (non-hydrogen) atoms. The van der Waals surface area contributed by atoms with Crippen LogP contribution in [0.5, 0.6) is 0 Å². The lowest BCUT2D eigenvalue weighted by Crippen LogP contribution is -2.18. The molecule has 0 unspecified atom stereocenters. The summed E-state index contributed by atoms with van der Waals surface area (Å²) in [6.07, 6.45) is 0. The summed E-state index contributed by atoms with van der Waals surface area (Å²) in [5, 5.41) is 9.51. The van der Waals surface area contributed by atoms with Crippen LogP contribution in [-0.4, -0.2) is 16.1 Å². The number of benzene rings is 2. The second kappa shape index (κ2) is 6.65. The number of amides is 1. The highest BCUT2D eigenvalue weighted by Crippen LogP contribution is 2.24. The van der Waals surface area contributed by atoms with Crippen LogP contribution in [0.1, 0.15) is 20.9 Å². The molecule has 112 valence electrons.